The molecule has 0 bridgehead atoms. The molecule has 3 N–H and O–H groups in total. The first-order valence-electron chi connectivity index (χ1n) is 9.09. The van der Waals surface area contributed by atoms with E-state index >= 15 is 0 Å². The van der Waals surface area contributed by atoms with Crippen molar-refractivity contribution in [3.8, 4) is 0 Å². The van der Waals surface area contributed by atoms with Gasteiger partial charge >= 0.3 is 0 Å². The molecule has 4 nitrogen and oxygen atoms in total. The predicted molar refractivity (Wildman–Crippen MR) is 94.4 cm³/mol. The van der Waals surface area contributed by atoms with Crippen LogP contribution in [0.5, 0.6) is 0 Å². The van der Waals surface area contributed by atoms with Crippen molar-refractivity contribution < 1.29 is 9.18 Å². The summed E-state index contributed by atoms with van der Waals surface area (Å²) in [5.41, 5.74) is 8.08. The second-order valence-electron chi connectivity index (χ2n) is 7.34. The quantitative estimate of drug-likeness (QED) is 0.891. The highest BCUT2D eigenvalue weighted by atomic mass is 19.1. The van der Waals surface area contributed by atoms with E-state index < -0.39 is 0 Å². The number of nitrogens with zero attached hydrogens (tertiary/aromatic N) is 1. The zero-order valence-corrected chi connectivity index (χ0v) is 14.4. The number of halogens is 1. The molecule has 1 saturated heterocycles. The molecule has 1 unspecified atom stereocenters. The normalized spacial score (nSPS) is 27.3. The summed E-state index contributed by atoms with van der Waals surface area (Å²) in [6, 6.07) is 5.26. The number of aryl methyl sites for hydroxylation is 1. The number of nitrogens with two attached hydrogens (primary N) is 1. The number of amides is 1. The van der Waals surface area contributed by atoms with Crippen LogP contribution in [0, 0.1) is 18.7 Å². The first kappa shape index (κ1) is 17.2. The summed E-state index contributed by atoms with van der Waals surface area (Å²) in [5.74, 6) is 0.259. The van der Waals surface area contributed by atoms with Crippen molar-refractivity contribution in [2.75, 3.05) is 18.0 Å². The number of nitrogens with one attached hydrogen (secondary N) is 1. The Labute approximate surface area is 143 Å². The SMILES string of the molecule is Cc1cc(F)ccc1N1CCCC(NC(=O)C[C@@H]2CCC[C@H]2N)C1. The zero-order chi connectivity index (χ0) is 17.1. The molecule has 1 heterocycles. The molecule has 2 fully saturated rings. The minimum Gasteiger partial charge on any atom is -0.369 e. The fourth-order valence-electron chi connectivity index (χ4n) is 4.13. The smallest absolute Gasteiger partial charge is 0.220 e. The van der Waals surface area contributed by atoms with Crippen LogP contribution in [0.2, 0.25) is 0 Å². The Bertz CT molecular complexity index is 592. The van der Waals surface area contributed by atoms with E-state index in [9.17, 15) is 9.18 Å². The Hall–Kier alpha value is -1.62. The van der Waals surface area contributed by atoms with E-state index in [0.717, 1.165) is 56.4 Å². The van der Waals surface area contributed by atoms with Gasteiger partial charge in [0.25, 0.3) is 0 Å². The van der Waals surface area contributed by atoms with Crippen molar-refractivity contribution in [1.82, 2.24) is 5.32 Å². The van der Waals surface area contributed by atoms with Crippen LogP contribution in [0.1, 0.15) is 44.1 Å². The van der Waals surface area contributed by atoms with Gasteiger partial charge in [-0.1, -0.05) is 6.42 Å². The third-order valence-electron chi connectivity index (χ3n) is 5.45. The molecule has 1 aliphatic heterocycles. The maximum absolute atomic E-state index is 13.3. The lowest BCUT2D eigenvalue weighted by atomic mass is 9.98. The minimum absolute atomic E-state index is 0.125. The summed E-state index contributed by atoms with van der Waals surface area (Å²) >= 11 is 0. The Morgan fingerprint density at radius 3 is 2.88 bits per heavy atom. The van der Waals surface area contributed by atoms with Crippen molar-refractivity contribution in [2.24, 2.45) is 11.7 Å². The lowest BCUT2D eigenvalue weighted by molar-refractivity contribution is -0.122. The number of piperidine rings is 1. The van der Waals surface area contributed by atoms with Gasteiger partial charge in [0, 0.05) is 37.3 Å². The molecule has 1 aromatic carbocycles. The lowest BCUT2D eigenvalue weighted by Gasteiger charge is -2.35. The highest BCUT2D eigenvalue weighted by molar-refractivity contribution is 5.76. The van der Waals surface area contributed by atoms with Crippen LogP contribution in [-0.2, 0) is 4.79 Å². The number of carbonyl (C=O) groups excluding carboxylic acids is 1. The van der Waals surface area contributed by atoms with Crippen molar-refractivity contribution in [1.29, 1.82) is 0 Å². The minimum atomic E-state index is -0.203. The summed E-state index contributed by atoms with van der Waals surface area (Å²) in [7, 11) is 0. The van der Waals surface area contributed by atoms with E-state index in [1.54, 1.807) is 6.07 Å². The number of hydrogen-bond acceptors (Lipinski definition) is 3. The molecule has 2 aliphatic rings. The standard InChI is InChI=1S/C19H28FN3O/c1-13-10-15(20)7-8-18(13)23-9-3-5-16(12-23)22-19(24)11-14-4-2-6-17(14)21/h7-8,10,14,16-17H,2-6,9,11-12,21H2,1H3,(H,22,24)/t14-,16?,17+/m0/s1. The molecule has 0 radical (unpaired) electrons. The van der Waals surface area contributed by atoms with Crippen LogP contribution in [0.3, 0.4) is 0 Å². The Kier molecular flexibility index (Phi) is 5.39. The fraction of sp³-hybridized carbons (Fsp3) is 0.632. The van der Waals surface area contributed by atoms with Gasteiger partial charge in [-0.15, -0.1) is 0 Å². The van der Waals surface area contributed by atoms with Crippen LogP contribution >= 0.6 is 0 Å². The zero-order valence-electron chi connectivity index (χ0n) is 14.4. The Balaban J connectivity index is 1.56. The van der Waals surface area contributed by atoms with E-state index in [4.69, 9.17) is 5.73 Å². The molecule has 3 rings (SSSR count). The number of rotatable bonds is 4. The number of benzene rings is 1. The van der Waals surface area contributed by atoms with Crippen LogP contribution in [0.25, 0.3) is 0 Å². The van der Waals surface area contributed by atoms with Gasteiger partial charge in [0.15, 0.2) is 0 Å². The van der Waals surface area contributed by atoms with Gasteiger partial charge in [-0.3, -0.25) is 4.79 Å². The van der Waals surface area contributed by atoms with Crippen LogP contribution < -0.4 is 16.0 Å². The summed E-state index contributed by atoms with van der Waals surface area (Å²) in [4.78, 5) is 14.6. The molecule has 1 aromatic rings. The molecule has 132 valence electrons. The molecule has 1 saturated carbocycles. The molecule has 5 heteroatoms. The van der Waals surface area contributed by atoms with E-state index in [-0.39, 0.29) is 23.8 Å². The van der Waals surface area contributed by atoms with Gasteiger partial charge in [0.1, 0.15) is 5.82 Å². The van der Waals surface area contributed by atoms with Crippen molar-refractivity contribution in [3.05, 3.63) is 29.6 Å². The fourth-order valence-corrected chi connectivity index (χ4v) is 4.13. The van der Waals surface area contributed by atoms with Crippen molar-refractivity contribution >= 4 is 11.6 Å². The first-order chi connectivity index (χ1) is 11.5. The molecule has 1 aliphatic carbocycles. The second kappa shape index (κ2) is 7.51. The van der Waals surface area contributed by atoms with E-state index in [2.05, 4.69) is 10.2 Å². The molecule has 0 spiro atoms. The molecule has 3 atom stereocenters. The highest BCUT2D eigenvalue weighted by Gasteiger charge is 2.28. The second-order valence-corrected chi connectivity index (χ2v) is 7.34. The van der Waals surface area contributed by atoms with E-state index in [1.165, 1.54) is 6.07 Å². The number of anilines is 1. The summed E-state index contributed by atoms with van der Waals surface area (Å²) in [5, 5.41) is 3.19. The largest absolute Gasteiger partial charge is 0.369 e. The van der Waals surface area contributed by atoms with E-state index in [1.807, 2.05) is 13.0 Å². The van der Waals surface area contributed by atoms with Crippen molar-refractivity contribution in [2.45, 2.75) is 57.5 Å². The van der Waals surface area contributed by atoms with Gasteiger partial charge < -0.3 is 16.0 Å². The van der Waals surface area contributed by atoms with Crippen LogP contribution in [0.4, 0.5) is 10.1 Å². The predicted octanol–water partition coefficient (Wildman–Crippen LogP) is 2.74. The maximum atomic E-state index is 13.3. The summed E-state index contributed by atoms with van der Waals surface area (Å²) in [6.45, 7) is 3.67. The first-order valence-corrected chi connectivity index (χ1v) is 9.09. The maximum Gasteiger partial charge on any atom is 0.220 e. The molecule has 24 heavy (non-hydrogen) atoms. The van der Waals surface area contributed by atoms with Crippen molar-refractivity contribution in [3.63, 3.8) is 0 Å². The van der Waals surface area contributed by atoms with Gasteiger partial charge in [-0.2, -0.15) is 0 Å². The molecular formula is C19H28FN3O. The number of carbonyl (C=O) groups is 1. The highest BCUT2D eigenvalue weighted by Crippen LogP contribution is 2.27. The van der Waals surface area contributed by atoms with Crippen LogP contribution in [0.15, 0.2) is 18.2 Å². The summed E-state index contributed by atoms with van der Waals surface area (Å²) < 4.78 is 13.3. The molecule has 0 aromatic heterocycles. The molecular weight excluding hydrogens is 305 g/mol. The summed E-state index contributed by atoms with van der Waals surface area (Å²) in [6.07, 6.45) is 5.83. The van der Waals surface area contributed by atoms with Gasteiger partial charge in [-0.05, 0) is 62.3 Å². The average Bonchev–Trinajstić information content (AvgIpc) is 2.92. The van der Waals surface area contributed by atoms with Crippen LogP contribution in [-0.4, -0.2) is 31.1 Å². The average molecular weight is 333 g/mol. The monoisotopic (exact) mass is 333 g/mol. The molecule has 1 amide bonds. The topological polar surface area (TPSA) is 58.4 Å². The van der Waals surface area contributed by atoms with E-state index in [0.29, 0.717) is 12.3 Å². The third kappa shape index (κ3) is 4.07. The van der Waals surface area contributed by atoms with Gasteiger partial charge in [0.05, 0.1) is 0 Å². The Morgan fingerprint density at radius 2 is 2.17 bits per heavy atom. The van der Waals surface area contributed by atoms with Gasteiger partial charge in [0.2, 0.25) is 5.91 Å². The lowest BCUT2D eigenvalue weighted by Crippen LogP contribution is -2.48. The van der Waals surface area contributed by atoms with Gasteiger partial charge in [-0.25, -0.2) is 4.39 Å². The third-order valence-corrected chi connectivity index (χ3v) is 5.45. The Morgan fingerprint density at radius 1 is 1.33 bits per heavy atom. The number of hydrogen-bond donors (Lipinski definition) is 2.